The standard InChI is InChI=1S/C13H23N3O/c1-15-4-5-16(2)13(9-15)8-12(14)7-11-3-6-17-10-11/h3,6,10,12-13H,4-5,7-9,14H2,1-2H3. The van der Waals surface area contributed by atoms with Crippen LogP contribution in [-0.4, -0.2) is 55.6 Å². The van der Waals surface area contributed by atoms with Gasteiger partial charge in [-0.25, -0.2) is 0 Å². The second-order valence-electron chi connectivity index (χ2n) is 5.23. The molecule has 0 radical (unpaired) electrons. The summed E-state index contributed by atoms with van der Waals surface area (Å²) in [7, 11) is 4.38. The Morgan fingerprint density at radius 2 is 2.29 bits per heavy atom. The van der Waals surface area contributed by atoms with Crippen molar-refractivity contribution in [2.24, 2.45) is 5.73 Å². The van der Waals surface area contributed by atoms with Gasteiger partial charge in [0.15, 0.2) is 0 Å². The van der Waals surface area contributed by atoms with Crippen molar-refractivity contribution < 1.29 is 4.42 Å². The van der Waals surface area contributed by atoms with Crippen molar-refractivity contribution >= 4 is 0 Å². The van der Waals surface area contributed by atoms with Crippen LogP contribution >= 0.6 is 0 Å². The number of rotatable bonds is 4. The molecule has 0 aromatic carbocycles. The second-order valence-corrected chi connectivity index (χ2v) is 5.23. The van der Waals surface area contributed by atoms with E-state index in [-0.39, 0.29) is 6.04 Å². The molecule has 1 aromatic rings. The van der Waals surface area contributed by atoms with Crippen LogP contribution in [0.3, 0.4) is 0 Å². The number of hydrogen-bond acceptors (Lipinski definition) is 4. The molecule has 17 heavy (non-hydrogen) atoms. The Morgan fingerprint density at radius 1 is 1.47 bits per heavy atom. The van der Waals surface area contributed by atoms with Crippen LogP contribution in [0, 0.1) is 0 Å². The van der Waals surface area contributed by atoms with Crippen molar-refractivity contribution in [2.75, 3.05) is 33.7 Å². The van der Waals surface area contributed by atoms with Gasteiger partial charge >= 0.3 is 0 Å². The van der Waals surface area contributed by atoms with Crippen LogP contribution in [0.4, 0.5) is 0 Å². The molecular formula is C13H23N3O. The molecule has 0 saturated carbocycles. The molecule has 4 heteroatoms. The quantitative estimate of drug-likeness (QED) is 0.841. The van der Waals surface area contributed by atoms with Gasteiger partial charge in [-0.05, 0) is 38.6 Å². The second kappa shape index (κ2) is 5.67. The van der Waals surface area contributed by atoms with Gasteiger partial charge in [0.05, 0.1) is 12.5 Å². The Bertz CT molecular complexity index is 325. The fraction of sp³-hybridized carbons (Fsp3) is 0.692. The van der Waals surface area contributed by atoms with Gasteiger partial charge in [0.1, 0.15) is 0 Å². The largest absolute Gasteiger partial charge is 0.472 e. The molecule has 1 aliphatic heterocycles. The molecule has 0 bridgehead atoms. The normalized spacial score (nSPS) is 25.0. The van der Waals surface area contributed by atoms with E-state index in [1.165, 1.54) is 5.56 Å². The van der Waals surface area contributed by atoms with E-state index in [1.807, 2.05) is 6.07 Å². The fourth-order valence-corrected chi connectivity index (χ4v) is 2.50. The summed E-state index contributed by atoms with van der Waals surface area (Å²) in [5.41, 5.74) is 7.42. The highest BCUT2D eigenvalue weighted by atomic mass is 16.3. The van der Waals surface area contributed by atoms with Crippen LogP contribution in [0.2, 0.25) is 0 Å². The number of furan rings is 1. The van der Waals surface area contributed by atoms with Crippen molar-refractivity contribution in [2.45, 2.75) is 24.9 Å². The van der Waals surface area contributed by atoms with Gasteiger partial charge in [-0.2, -0.15) is 0 Å². The lowest BCUT2D eigenvalue weighted by Gasteiger charge is -2.38. The monoisotopic (exact) mass is 237 g/mol. The number of nitrogens with two attached hydrogens (primary N) is 1. The first-order valence-electron chi connectivity index (χ1n) is 6.30. The molecule has 1 aliphatic rings. The highest BCUT2D eigenvalue weighted by Crippen LogP contribution is 2.13. The van der Waals surface area contributed by atoms with Gasteiger partial charge in [-0.1, -0.05) is 0 Å². The predicted octanol–water partition coefficient (Wildman–Crippen LogP) is 0.785. The SMILES string of the molecule is CN1CCN(C)C(CC(N)Cc2ccoc2)C1. The fourth-order valence-electron chi connectivity index (χ4n) is 2.50. The zero-order valence-electron chi connectivity index (χ0n) is 10.8. The van der Waals surface area contributed by atoms with Crippen LogP contribution < -0.4 is 5.73 Å². The minimum Gasteiger partial charge on any atom is -0.472 e. The van der Waals surface area contributed by atoms with Crippen LogP contribution in [0.15, 0.2) is 23.0 Å². The summed E-state index contributed by atoms with van der Waals surface area (Å²) in [6, 6.07) is 2.79. The average Bonchev–Trinajstić information content (AvgIpc) is 2.76. The van der Waals surface area contributed by atoms with Crippen LogP contribution in [0.5, 0.6) is 0 Å². The maximum absolute atomic E-state index is 6.22. The van der Waals surface area contributed by atoms with Crippen molar-refractivity contribution in [3.63, 3.8) is 0 Å². The van der Waals surface area contributed by atoms with E-state index in [1.54, 1.807) is 12.5 Å². The maximum Gasteiger partial charge on any atom is 0.0935 e. The lowest BCUT2D eigenvalue weighted by atomic mass is 9.99. The number of nitrogens with zero attached hydrogens (tertiary/aromatic N) is 2. The summed E-state index contributed by atoms with van der Waals surface area (Å²) in [6.07, 6.45) is 5.45. The predicted molar refractivity (Wildman–Crippen MR) is 68.9 cm³/mol. The van der Waals surface area contributed by atoms with Crippen LogP contribution in [0.25, 0.3) is 0 Å². The molecule has 1 saturated heterocycles. The molecule has 1 aromatic heterocycles. The van der Waals surface area contributed by atoms with Gasteiger partial charge in [-0.15, -0.1) is 0 Å². The molecule has 1 fully saturated rings. The van der Waals surface area contributed by atoms with Gasteiger partial charge in [0.2, 0.25) is 0 Å². The number of likely N-dealkylation sites (N-methyl/N-ethyl adjacent to an activating group) is 2. The summed E-state index contributed by atoms with van der Waals surface area (Å²) in [5, 5.41) is 0. The Hall–Kier alpha value is -0.840. The van der Waals surface area contributed by atoms with Crippen molar-refractivity contribution in [1.82, 2.24) is 9.80 Å². The molecule has 2 N–H and O–H groups in total. The van der Waals surface area contributed by atoms with Gasteiger partial charge in [0, 0.05) is 31.7 Å². The van der Waals surface area contributed by atoms with E-state index in [0.717, 1.165) is 32.5 Å². The molecular weight excluding hydrogens is 214 g/mol. The molecule has 2 heterocycles. The molecule has 2 rings (SSSR count). The molecule has 4 nitrogen and oxygen atoms in total. The lowest BCUT2D eigenvalue weighted by molar-refractivity contribution is 0.104. The third-order valence-electron chi connectivity index (χ3n) is 3.63. The summed E-state index contributed by atoms with van der Waals surface area (Å²) in [5.74, 6) is 0. The third-order valence-corrected chi connectivity index (χ3v) is 3.63. The average molecular weight is 237 g/mol. The minimum atomic E-state index is 0.214. The smallest absolute Gasteiger partial charge is 0.0935 e. The Morgan fingerprint density at radius 3 is 3.00 bits per heavy atom. The van der Waals surface area contributed by atoms with E-state index in [9.17, 15) is 0 Å². The number of hydrogen-bond donors (Lipinski definition) is 1. The number of piperazine rings is 1. The van der Waals surface area contributed by atoms with E-state index in [2.05, 4.69) is 23.9 Å². The maximum atomic E-state index is 6.22. The van der Waals surface area contributed by atoms with Crippen molar-refractivity contribution in [3.05, 3.63) is 24.2 Å². The van der Waals surface area contributed by atoms with Crippen molar-refractivity contribution in [1.29, 1.82) is 0 Å². The molecule has 0 aliphatic carbocycles. The minimum absolute atomic E-state index is 0.214. The van der Waals surface area contributed by atoms with Gasteiger partial charge in [0.25, 0.3) is 0 Å². The first-order valence-corrected chi connectivity index (χ1v) is 6.30. The van der Waals surface area contributed by atoms with E-state index >= 15 is 0 Å². The van der Waals surface area contributed by atoms with E-state index in [0.29, 0.717) is 6.04 Å². The highest BCUT2D eigenvalue weighted by molar-refractivity contribution is 5.07. The van der Waals surface area contributed by atoms with E-state index < -0.39 is 0 Å². The molecule has 2 unspecified atom stereocenters. The van der Waals surface area contributed by atoms with E-state index in [4.69, 9.17) is 10.2 Å². The van der Waals surface area contributed by atoms with Gasteiger partial charge < -0.3 is 20.0 Å². The molecule has 2 atom stereocenters. The Kier molecular flexibility index (Phi) is 4.20. The topological polar surface area (TPSA) is 45.6 Å². The summed E-state index contributed by atoms with van der Waals surface area (Å²) >= 11 is 0. The summed E-state index contributed by atoms with van der Waals surface area (Å²) in [6.45, 7) is 3.42. The molecule has 0 spiro atoms. The summed E-state index contributed by atoms with van der Waals surface area (Å²) < 4.78 is 5.07. The van der Waals surface area contributed by atoms with Gasteiger partial charge in [-0.3, -0.25) is 0 Å². The summed E-state index contributed by atoms with van der Waals surface area (Å²) in [4.78, 5) is 4.81. The highest BCUT2D eigenvalue weighted by Gasteiger charge is 2.24. The third kappa shape index (κ3) is 3.56. The zero-order valence-corrected chi connectivity index (χ0v) is 10.8. The Labute approximate surface area is 103 Å². The first-order chi connectivity index (χ1) is 8.15. The zero-order chi connectivity index (χ0) is 12.3. The lowest BCUT2D eigenvalue weighted by Crippen LogP contribution is -2.51. The Balaban J connectivity index is 1.82. The van der Waals surface area contributed by atoms with Crippen LogP contribution in [0.1, 0.15) is 12.0 Å². The molecule has 0 amide bonds. The first kappa shape index (κ1) is 12.6. The molecule has 96 valence electrons. The van der Waals surface area contributed by atoms with Crippen molar-refractivity contribution in [3.8, 4) is 0 Å². The van der Waals surface area contributed by atoms with Crippen LogP contribution in [-0.2, 0) is 6.42 Å².